The Hall–Kier alpha value is -1.89. The molecule has 0 radical (unpaired) electrons. The Kier molecular flexibility index (Phi) is 9.82. The normalized spacial score (nSPS) is 11.6. The number of rotatable bonds is 10. The molecule has 5 nitrogen and oxygen atoms in total. The van der Waals surface area contributed by atoms with E-state index in [1.165, 1.54) is 6.07 Å². The van der Waals surface area contributed by atoms with E-state index < -0.39 is 11.9 Å². The smallest absolute Gasteiger partial charge is 0.253 e. The van der Waals surface area contributed by atoms with Crippen molar-refractivity contribution in [1.29, 1.82) is 0 Å². The lowest BCUT2D eigenvalue weighted by atomic mass is 10.1. The zero-order valence-corrected chi connectivity index (χ0v) is 19.6. The SMILES string of the molecule is CCOc1ccc(CN(C)C(=O)C(CCSC)NC(=O)c2ccc(Cl)cc2Cl)cc1. The molecule has 0 aliphatic heterocycles. The standard InChI is InChI=1S/C22H26Cl2N2O3S/c1-4-29-17-8-5-15(6-9-17)14-26(2)22(28)20(11-12-30-3)25-21(27)18-10-7-16(23)13-19(18)24/h5-10,13,20H,4,11-12,14H2,1-3H3,(H,25,27). The predicted octanol–water partition coefficient (Wildman–Crippen LogP) is 4.90. The van der Waals surface area contributed by atoms with E-state index in [9.17, 15) is 9.59 Å². The molecule has 2 aromatic carbocycles. The third-order valence-corrected chi connectivity index (χ3v) is 5.61. The van der Waals surface area contributed by atoms with Gasteiger partial charge in [0, 0.05) is 18.6 Å². The summed E-state index contributed by atoms with van der Waals surface area (Å²) in [7, 11) is 1.73. The van der Waals surface area contributed by atoms with Gasteiger partial charge in [-0.05, 0) is 61.2 Å². The van der Waals surface area contributed by atoms with Crippen molar-refractivity contribution >= 4 is 46.8 Å². The van der Waals surface area contributed by atoms with E-state index in [4.69, 9.17) is 27.9 Å². The number of amides is 2. The van der Waals surface area contributed by atoms with Crippen LogP contribution in [0, 0.1) is 0 Å². The Morgan fingerprint density at radius 1 is 1.17 bits per heavy atom. The molecule has 0 saturated carbocycles. The highest BCUT2D eigenvalue weighted by Crippen LogP contribution is 2.21. The van der Waals surface area contributed by atoms with Crippen LogP contribution in [0.2, 0.25) is 10.0 Å². The van der Waals surface area contributed by atoms with Crippen molar-refractivity contribution in [3.05, 3.63) is 63.6 Å². The molecule has 2 aromatic rings. The van der Waals surface area contributed by atoms with Crippen LogP contribution in [0.3, 0.4) is 0 Å². The fourth-order valence-corrected chi connectivity index (χ4v) is 3.84. The van der Waals surface area contributed by atoms with Gasteiger partial charge in [-0.25, -0.2) is 0 Å². The highest BCUT2D eigenvalue weighted by molar-refractivity contribution is 7.98. The second kappa shape index (κ2) is 12.1. The first-order valence-electron chi connectivity index (χ1n) is 9.57. The molecule has 1 atom stereocenters. The summed E-state index contributed by atoms with van der Waals surface area (Å²) in [5, 5.41) is 3.52. The molecule has 0 bridgehead atoms. The Balaban J connectivity index is 2.08. The van der Waals surface area contributed by atoms with Crippen molar-refractivity contribution in [2.45, 2.75) is 25.9 Å². The molecule has 0 aliphatic carbocycles. The first-order chi connectivity index (χ1) is 14.3. The van der Waals surface area contributed by atoms with Gasteiger partial charge in [0.2, 0.25) is 5.91 Å². The molecular formula is C22H26Cl2N2O3S. The second-order valence-corrected chi connectivity index (χ2v) is 8.53. The number of nitrogens with one attached hydrogen (secondary N) is 1. The molecule has 0 aliphatic rings. The first-order valence-corrected chi connectivity index (χ1v) is 11.7. The molecule has 8 heteroatoms. The van der Waals surface area contributed by atoms with Crippen molar-refractivity contribution in [1.82, 2.24) is 10.2 Å². The average Bonchev–Trinajstić information content (AvgIpc) is 2.72. The Morgan fingerprint density at radius 3 is 2.47 bits per heavy atom. The quantitative estimate of drug-likeness (QED) is 0.538. The molecule has 1 N–H and O–H groups in total. The van der Waals surface area contributed by atoms with Crippen molar-refractivity contribution in [3.63, 3.8) is 0 Å². The molecule has 2 amide bonds. The van der Waals surface area contributed by atoms with Crippen LogP contribution in [0.5, 0.6) is 5.75 Å². The Labute approximate surface area is 192 Å². The van der Waals surface area contributed by atoms with Crippen LogP contribution in [-0.4, -0.2) is 48.4 Å². The van der Waals surface area contributed by atoms with E-state index in [0.29, 0.717) is 24.6 Å². The number of hydrogen-bond donors (Lipinski definition) is 1. The fourth-order valence-electron chi connectivity index (χ4n) is 2.88. The van der Waals surface area contributed by atoms with Gasteiger partial charge >= 0.3 is 0 Å². The van der Waals surface area contributed by atoms with Gasteiger partial charge in [-0.15, -0.1) is 0 Å². The minimum absolute atomic E-state index is 0.156. The molecule has 0 fully saturated rings. The number of benzene rings is 2. The van der Waals surface area contributed by atoms with Gasteiger partial charge < -0.3 is 15.0 Å². The van der Waals surface area contributed by atoms with Gasteiger partial charge in [0.1, 0.15) is 11.8 Å². The third kappa shape index (κ3) is 7.11. The summed E-state index contributed by atoms with van der Waals surface area (Å²) in [6.45, 7) is 2.96. The molecule has 0 spiro atoms. The van der Waals surface area contributed by atoms with Crippen LogP contribution in [0.25, 0.3) is 0 Å². The highest BCUT2D eigenvalue weighted by Gasteiger charge is 2.25. The third-order valence-electron chi connectivity index (χ3n) is 4.42. The van der Waals surface area contributed by atoms with Crippen LogP contribution in [0.4, 0.5) is 0 Å². The van der Waals surface area contributed by atoms with E-state index in [1.807, 2.05) is 37.4 Å². The van der Waals surface area contributed by atoms with Crippen LogP contribution in [-0.2, 0) is 11.3 Å². The van der Waals surface area contributed by atoms with Crippen LogP contribution in [0.1, 0.15) is 29.3 Å². The zero-order chi connectivity index (χ0) is 22.1. The lowest BCUT2D eigenvalue weighted by Gasteiger charge is -2.25. The largest absolute Gasteiger partial charge is 0.494 e. The molecular weight excluding hydrogens is 443 g/mol. The summed E-state index contributed by atoms with van der Waals surface area (Å²) in [4.78, 5) is 27.4. The summed E-state index contributed by atoms with van der Waals surface area (Å²) in [5.41, 5.74) is 1.27. The number of halogens is 2. The van der Waals surface area contributed by atoms with Gasteiger partial charge in [-0.3, -0.25) is 9.59 Å². The van der Waals surface area contributed by atoms with Crippen LogP contribution < -0.4 is 10.1 Å². The lowest BCUT2D eigenvalue weighted by Crippen LogP contribution is -2.47. The number of nitrogens with zero attached hydrogens (tertiary/aromatic N) is 1. The minimum atomic E-state index is -0.649. The number of carbonyl (C=O) groups excluding carboxylic acids is 2. The maximum atomic E-state index is 13.1. The Morgan fingerprint density at radius 2 is 1.87 bits per heavy atom. The molecule has 2 rings (SSSR count). The topological polar surface area (TPSA) is 58.6 Å². The Bertz CT molecular complexity index is 862. The number of thioether (sulfide) groups is 1. The number of carbonyl (C=O) groups is 2. The molecule has 0 heterocycles. The first kappa shape index (κ1) is 24.4. The van der Waals surface area contributed by atoms with Gasteiger partial charge in [-0.1, -0.05) is 35.3 Å². The maximum Gasteiger partial charge on any atom is 0.253 e. The summed E-state index contributed by atoms with van der Waals surface area (Å²) < 4.78 is 5.45. The molecule has 1 unspecified atom stereocenters. The van der Waals surface area contributed by atoms with E-state index in [-0.39, 0.29) is 16.5 Å². The summed E-state index contributed by atoms with van der Waals surface area (Å²) >= 11 is 13.7. The fraction of sp³-hybridized carbons (Fsp3) is 0.364. The zero-order valence-electron chi connectivity index (χ0n) is 17.3. The summed E-state index contributed by atoms with van der Waals surface area (Å²) in [5.74, 6) is 0.976. The molecule has 0 aromatic heterocycles. The molecule has 162 valence electrons. The van der Waals surface area contributed by atoms with Gasteiger partial charge in [0.25, 0.3) is 5.91 Å². The van der Waals surface area contributed by atoms with Crippen LogP contribution in [0.15, 0.2) is 42.5 Å². The lowest BCUT2D eigenvalue weighted by molar-refractivity contribution is -0.132. The summed E-state index contributed by atoms with van der Waals surface area (Å²) in [6.07, 6.45) is 2.48. The van der Waals surface area contributed by atoms with Gasteiger partial charge in [0.05, 0.1) is 17.2 Å². The van der Waals surface area contributed by atoms with E-state index in [2.05, 4.69) is 5.32 Å². The second-order valence-electron chi connectivity index (χ2n) is 6.70. The minimum Gasteiger partial charge on any atom is -0.494 e. The van der Waals surface area contributed by atoms with E-state index >= 15 is 0 Å². The van der Waals surface area contributed by atoms with Crippen LogP contribution >= 0.6 is 35.0 Å². The van der Waals surface area contributed by atoms with Crippen molar-refractivity contribution in [3.8, 4) is 5.75 Å². The van der Waals surface area contributed by atoms with Crippen molar-refractivity contribution < 1.29 is 14.3 Å². The predicted molar refractivity (Wildman–Crippen MR) is 125 cm³/mol. The molecule has 0 saturated heterocycles. The summed E-state index contributed by atoms with van der Waals surface area (Å²) in [6, 6.07) is 11.6. The van der Waals surface area contributed by atoms with E-state index in [1.54, 1.807) is 35.8 Å². The van der Waals surface area contributed by atoms with Crippen molar-refractivity contribution in [2.75, 3.05) is 25.7 Å². The highest BCUT2D eigenvalue weighted by atomic mass is 35.5. The number of likely N-dealkylation sites (N-methyl/N-ethyl adjacent to an activating group) is 1. The van der Waals surface area contributed by atoms with E-state index in [0.717, 1.165) is 17.1 Å². The molecule has 30 heavy (non-hydrogen) atoms. The average molecular weight is 469 g/mol. The van der Waals surface area contributed by atoms with Gasteiger partial charge in [-0.2, -0.15) is 11.8 Å². The maximum absolute atomic E-state index is 13.1. The van der Waals surface area contributed by atoms with Gasteiger partial charge in [0.15, 0.2) is 0 Å². The number of ether oxygens (including phenoxy) is 1. The van der Waals surface area contributed by atoms with Crippen molar-refractivity contribution in [2.24, 2.45) is 0 Å². The monoisotopic (exact) mass is 468 g/mol. The number of hydrogen-bond acceptors (Lipinski definition) is 4.